The normalized spacial score (nSPS) is 31.6. The van der Waals surface area contributed by atoms with Crippen LogP contribution in [0.5, 0.6) is 0 Å². The molecule has 3 unspecified atom stereocenters. The number of hydrogen-bond donors (Lipinski definition) is 1. The summed E-state index contributed by atoms with van der Waals surface area (Å²) < 4.78 is 80.9. The quantitative estimate of drug-likeness (QED) is 0.0826. The van der Waals surface area contributed by atoms with Crippen LogP contribution in [0.2, 0.25) is 18.1 Å². The second-order valence-corrected chi connectivity index (χ2v) is 25.8. The molecular formula is C34H45FN8O11P2S2Si. The summed E-state index contributed by atoms with van der Waals surface area (Å²) in [6, 6.07) is 5.19. The number of esters is 1. The molecule has 25 heteroatoms. The van der Waals surface area contributed by atoms with E-state index in [1.54, 1.807) is 6.07 Å². The van der Waals surface area contributed by atoms with Crippen molar-refractivity contribution in [3.8, 4) is 6.07 Å². The van der Waals surface area contributed by atoms with Gasteiger partial charge < -0.3 is 47.3 Å². The van der Waals surface area contributed by atoms with E-state index in [-0.39, 0.29) is 60.5 Å². The molecule has 3 aromatic heterocycles. The van der Waals surface area contributed by atoms with Crippen LogP contribution in [-0.4, -0.2) is 116 Å². The SMILES string of the molecule is [C-]#[N+]CCOP1(=S)OC[C@H]2O[C@@H](n3cnc4c(N)ncnc43)[C@H](F)[C@@H]2OP(=S)(OCCC#N)OCC2O[C@@H](c3ccnc(C(=O)OC)c3)[C@H](O[Si](C)(C)C(C)(C)C)[C@@H]2O1. The van der Waals surface area contributed by atoms with E-state index in [9.17, 15) is 10.1 Å². The fourth-order valence-electron chi connectivity index (χ4n) is 6.20. The van der Waals surface area contributed by atoms with Crippen LogP contribution < -0.4 is 5.73 Å². The molecule has 0 radical (unpaired) electrons. The Morgan fingerprint density at radius 2 is 1.78 bits per heavy atom. The summed E-state index contributed by atoms with van der Waals surface area (Å²) in [5.41, 5.74) is 6.95. The molecule has 2 N–H and O–H groups in total. The number of nitriles is 1. The molecule has 320 valence electrons. The fourth-order valence-corrected chi connectivity index (χ4v) is 11.7. The first-order valence-corrected chi connectivity index (χ1v) is 26.4. The van der Waals surface area contributed by atoms with Crippen molar-refractivity contribution in [2.45, 2.75) is 94.3 Å². The minimum absolute atomic E-state index is 0.0266. The number of nitrogens with two attached hydrogens (primary N) is 1. The number of alkyl halides is 1. The number of carbonyl (C=O) groups is 1. The van der Waals surface area contributed by atoms with Gasteiger partial charge in [0.1, 0.15) is 60.8 Å². The van der Waals surface area contributed by atoms with Gasteiger partial charge in [0.15, 0.2) is 32.2 Å². The van der Waals surface area contributed by atoms with Gasteiger partial charge in [0.05, 0.1) is 45.7 Å². The Morgan fingerprint density at radius 1 is 1.10 bits per heavy atom. The van der Waals surface area contributed by atoms with E-state index in [4.69, 9.17) is 81.7 Å². The number of nitrogens with zero attached hydrogens (tertiary/aromatic N) is 7. The molecule has 0 bridgehead atoms. The lowest BCUT2D eigenvalue weighted by molar-refractivity contribution is -0.0565. The van der Waals surface area contributed by atoms with E-state index in [1.807, 2.05) is 6.07 Å². The van der Waals surface area contributed by atoms with Crippen LogP contribution in [0.25, 0.3) is 16.0 Å². The van der Waals surface area contributed by atoms with Gasteiger partial charge in [-0.05, 0) is 59.4 Å². The molecule has 3 aliphatic heterocycles. The highest BCUT2D eigenvalue weighted by Crippen LogP contribution is 2.59. The van der Waals surface area contributed by atoms with Crippen LogP contribution in [0.15, 0.2) is 31.0 Å². The van der Waals surface area contributed by atoms with Crippen molar-refractivity contribution < 1.29 is 55.0 Å². The average Bonchev–Trinajstić information content (AvgIpc) is 3.86. The number of rotatable bonds is 11. The van der Waals surface area contributed by atoms with Crippen molar-refractivity contribution in [2.24, 2.45) is 0 Å². The number of fused-ring (bicyclic) bond motifs is 3. The Morgan fingerprint density at radius 3 is 2.44 bits per heavy atom. The Kier molecular flexibility index (Phi) is 14.3. The van der Waals surface area contributed by atoms with Crippen LogP contribution in [0.3, 0.4) is 0 Å². The van der Waals surface area contributed by atoms with E-state index in [2.05, 4.69) is 58.6 Å². The fraction of sp³-hybridized carbons (Fsp3) is 0.618. The monoisotopic (exact) mass is 914 g/mol. The molecule has 3 aromatic rings. The number of ether oxygens (including phenoxy) is 3. The minimum Gasteiger partial charge on any atom is -0.464 e. The van der Waals surface area contributed by atoms with Crippen LogP contribution in [0.1, 0.15) is 55.6 Å². The van der Waals surface area contributed by atoms with Crippen LogP contribution in [0.4, 0.5) is 10.2 Å². The zero-order valence-electron chi connectivity index (χ0n) is 33.0. The molecule has 19 nitrogen and oxygen atoms in total. The molecule has 6 heterocycles. The third-order valence-electron chi connectivity index (χ3n) is 10.2. The maximum absolute atomic E-state index is 16.9. The largest absolute Gasteiger partial charge is 0.464 e. The van der Waals surface area contributed by atoms with E-state index in [0.717, 1.165) is 0 Å². The number of aromatic nitrogens is 5. The van der Waals surface area contributed by atoms with Gasteiger partial charge in [-0.3, -0.25) is 13.6 Å². The molecule has 3 saturated heterocycles. The van der Waals surface area contributed by atoms with Gasteiger partial charge in [-0.15, -0.1) is 0 Å². The predicted octanol–water partition coefficient (Wildman–Crippen LogP) is 5.49. The van der Waals surface area contributed by atoms with Crippen LogP contribution >= 0.6 is 13.4 Å². The Bertz CT molecular complexity index is 2190. The van der Waals surface area contributed by atoms with Gasteiger partial charge in [0.2, 0.25) is 6.54 Å². The van der Waals surface area contributed by atoms with Crippen molar-refractivity contribution in [1.29, 1.82) is 5.26 Å². The van der Waals surface area contributed by atoms with Gasteiger partial charge in [0.25, 0.3) is 0 Å². The number of halogens is 1. The first-order valence-electron chi connectivity index (χ1n) is 18.4. The molecule has 0 aliphatic carbocycles. The lowest BCUT2D eigenvalue weighted by Gasteiger charge is -2.41. The molecule has 3 fully saturated rings. The molecule has 6 rings (SSSR count). The smallest absolute Gasteiger partial charge is 0.356 e. The van der Waals surface area contributed by atoms with Gasteiger partial charge in [-0.25, -0.2) is 35.7 Å². The highest BCUT2D eigenvalue weighted by atomic mass is 32.5. The highest BCUT2D eigenvalue weighted by Gasteiger charge is 2.56. The molecular weight excluding hydrogens is 870 g/mol. The van der Waals surface area contributed by atoms with Crippen molar-refractivity contribution in [2.75, 3.05) is 45.8 Å². The zero-order valence-corrected chi connectivity index (χ0v) is 37.5. The van der Waals surface area contributed by atoms with Crippen LogP contribution in [0, 0.1) is 17.9 Å². The topological polar surface area (TPSA) is 220 Å². The van der Waals surface area contributed by atoms with E-state index in [1.165, 1.54) is 36.6 Å². The lowest BCUT2D eigenvalue weighted by Crippen LogP contribution is -2.49. The first-order chi connectivity index (χ1) is 27.9. The van der Waals surface area contributed by atoms with Gasteiger partial charge in [0, 0.05) is 6.20 Å². The number of pyridine rings is 1. The molecule has 59 heavy (non-hydrogen) atoms. The summed E-state index contributed by atoms with van der Waals surface area (Å²) in [5.74, 6) is -0.585. The lowest BCUT2D eigenvalue weighted by atomic mass is 10.0. The number of imidazole rings is 1. The standard InChI is InChI=1S/C34H45FN8O11P2S2Si/c1-34(2,3)59(6,7)54-29-26(20-9-11-39-21(15-20)33(44)45-5)50-23-17-49-55(57,46-13-8-10-36)52-27-22(16-48-56(58,53-28(23)29)47-14-12-38-4)51-32(24(27)35)43-19-42-25-30(37)40-18-41-31(25)43/h9,11,15,18-19,22-24,26-29,32H,8,12-14,16-17H2,1-3,5-7H3,(H2,37,40,41)/t22-,23?,24-,26+,27-,28-,29+,32-,55?,56?/m1/s1. The highest BCUT2D eigenvalue weighted by molar-refractivity contribution is 8.07. The number of methoxy groups -OCH3 is 1. The number of carbonyl (C=O) groups excluding carboxylic acids is 1. The third kappa shape index (κ3) is 10.1. The predicted molar refractivity (Wildman–Crippen MR) is 218 cm³/mol. The molecule has 0 aromatic carbocycles. The maximum atomic E-state index is 16.9. The molecule has 0 amide bonds. The van der Waals surface area contributed by atoms with Gasteiger partial charge >= 0.3 is 19.4 Å². The summed E-state index contributed by atoms with van der Waals surface area (Å²) in [4.78, 5) is 32.6. The van der Waals surface area contributed by atoms with E-state index in [0.29, 0.717) is 5.56 Å². The molecule has 0 saturated carbocycles. The van der Waals surface area contributed by atoms with Crippen molar-refractivity contribution in [1.82, 2.24) is 24.5 Å². The first kappa shape index (κ1) is 45.6. The average molecular weight is 915 g/mol. The Balaban J connectivity index is 1.43. The second kappa shape index (κ2) is 18.6. The van der Waals surface area contributed by atoms with Crippen molar-refractivity contribution in [3.05, 3.63) is 53.7 Å². The van der Waals surface area contributed by atoms with Gasteiger partial charge in [-0.1, -0.05) is 20.8 Å². The molecule has 3 aliphatic rings. The van der Waals surface area contributed by atoms with Crippen molar-refractivity contribution in [3.63, 3.8) is 0 Å². The number of hydrogen-bond acceptors (Lipinski definition) is 19. The van der Waals surface area contributed by atoms with Gasteiger partial charge in [-0.2, -0.15) is 5.26 Å². The van der Waals surface area contributed by atoms with E-state index < -0.39 is 83.4 Å². The summed E-state index contributed by atoms with van der Waals surface area (Å²) >= 11 is 11.9. The van der Waals surface area contributed by atoms with E-state index >= 15 is 4.39 Å². The minimum atomic E-state index is -3.95. The molecule has 10 atom stereocenters. The summed E-state index contributed by atoms with van der Waals surface area (Å²) in [6.45, 7) is 8.58. The Hall–Kier alpha value is -2.96. The number of nitrogen functional groups attached to an aromatic ring is 1. The summed E-state index contributed by atoms with van der Waals surface area (Å²) in [7, 11) is -1.43. The maximum Gasteiger partial charge on any atom is 0.356 e. The van der Waals surface area contributed by atoms with Crippen LogP contribution in [-0.2, 0) is 69.4 Å². The zero-order chi connectivity index (χ0) is 42.8. The molecule has 0 spiro atoms. The summed E-state index contributed by atoms with van der Waals surface area (Å²) in [5, 5.41) is 9.03. The summed E-state index contributed by atoms with van der Waals surface area (Å²) in [6.07, 6.45) is -6.14. The third-order valence-corrected chi connectivity index (χ3v) is 19.4. The van der Waals surface area contributed by atoms with Crippen molar-refractivity contribution >= 4 is 68.3 Å². The number of anilines is 1. The Labute approximate surface area is 351 Å². The second-order valence-electron chi connectivity index (χ2n) is 15.1.